The highest BCUT2D eigenvalue weighted by Crippen LogP contribution is 2.13. The van der Waals surface area contributed by atoms with Gasteiger partial charge in [0, 0.05) is 18.3 Å². The molecule has 0 spiro atoms. The number of hydrogen-bond donors (Lipinski definition) is 1. The minimum absolute atomic E-state index is 0.134. The van der Waals surface area contributed by atoms with E-state index < -0.39 is 0 Å². The molecule has 0 aliphatic carbocycles. The maximum atomic E-state index is 12.1. The second-order valence-corrected chi connectivity index (χ2v) is 5.57. The van der Waals surface area contributed by atoms with Crippen LogP contribution in [0.5, 0.6) is 5.75 Å². The Bertz CT molecular complexity index is 647. The number of carbonyl (C=O) groups excluding carboxylic acids is 1. The fourth-order valence-corrected chi connectivity index (χ4v) is 2.36. The highest BCUT2D eigenvalue weighted by Gasteiger charge is 2.13. The lowest BCUT2D eigenvalue weighted by Gasteiger charge is -2.07. The fourth-order valence-electron chi connectivity index (χ4n) is 2.36. The molecule has 0 saturated heterocycles. The van der Waals surface area contributed by atoms with Crippen LogP contribution in [0.2, 0.25) is 0 Å². The molecule has 5 nitrogen and oxygen atoms in total. The van der Waals surface area contributed by atoms with Gasteiger partial charge in [-0.05, 0) is 51.0 Å². The molecule has 0 radical (unpaired) electrons. The summed E-state index contributed by atoms with van der Waals surface area (Å²) in [6.07, 6.45) is 0.757. The van der Waals surface area contributed by atoms with E-state index >= 15 is 0 Å². The Morgan fingerprint density at radius 2 is 2.14 bits per heavy atom. The third kappa shape index (κ3) is 3.87. The summed E-state index contributed by atoms with van der Waals surface area (Å²) in [5, 5.41) is 7.26. The number of rotatable bonds is 6. The van der Waals surface area contributed by atoms with Gasteiger partial charge in [0.1, 0.15) is 11.4 Å². The van der Waals surface area contributed by atoms with Crippen molar-refractivity contribution in [3.05, 3.63) is 47.3 Å². The molecule has 0 bridgehead atoms. The first-order chi connectivity index (χ1) is 10.5. The number of amides is 1. The number of aromatic nitrogens is 2. The van der Waals surface area contributed by atoms with E-state index in [0.29, 0.717) is 12.2 Å². The Morgan fingerprint density at radius 3 is 2.77 bits per heavy atom. The summed E-state index contributed by atoms with van der Waals surface area (Å²) in [7, 11) is 1.65. The number of ether oxygens (including phenoxy) is 1. The van der Waals surface area contributed by atoms with Gasteiger partial charge in [-0.2, -0.15) is 5.10 Å². The van der Waals surface area contributed by atoms with Crippen LogP contribution in [-0.2, 0) is 6.42 Å². The van der Waals surface area contributed by atoms with Crippen molar-refractivity contribution in [1.29, 1.82) is 0 Å². The molecule has 118 valence electrons. The number of nitrogens with one attached hydrogen (secondary N) is 1. The van der Waals surface area contributed by atoms with Gasteiger partial charge in [-0.15, -0.1) is 0 Å². The molecule has 1 aromatic carbocycles. The quantitative estimate of drug-likeness (QED) is 0.892. The van der Waals surface area contributed by atoms with Crippen LogP contribution < -0.4 is 10.1 Å². The Morgan fingerprint density at radius 1 is 1.36 bits per heavy atom. The first-order valence-corrected chi connectivity index (χ1v) is 7.48. The number of nitrogens with zero attached hydrogens (tertiary/aromatic N) is 2. The summed E-state index contributed by atoms with van der Waals surface area (Å²) in [4.78, 5) is 12.1. The highest BCUT2D eigenvalue weighted by molar-refractivity contribution is 5.92. The van der Waals surface area contributed by atoms with Gasteiger partial charge in [-0.1, -0.05) is 12.1 Å². The molecule has 0 unspecified atom stereocenters. The largest absolute Gasteiger partial charge is 0.497 e. The number of benzene rings is 1. The maximum Gasteiger partial charge on any atom is 0.271 e. The van der Waals surface area contributed by atoms with Gasteiger partial charge in [0.25, 0.3) is 5.91 Å². The maximum absolute atomic E-state index is 12.1. The molecule has 0 aliphatic heterocycles. The zero-order valence-electron chi connectivity index (χ0n) is 13.6. The van der Waals surface area contributed by atoms with Crippen molar-refractivity contribution in [3.63, 3.8) is 0 Å². The first-order valence-electron chi connectivity index (χ1n) is 7.48. The molecule has 22 heavy (non-hydrogen) atoms. The van der Waals surface area contributed by atoms with Crippen LogP contribution in [0.1, 0.15) is 41.6 Å². The van der Waals surface area contributed by atoms with Crippen molar-refractivity contribution in [2.24, 2.45) is 0 Å². The third-order valence-electron chi connectivity index (χ3n) is 3.48. The molecular formula is C17H23N3O2. The van der Waals surface area contributed by atoms with E-state index in [4.69, 9.17) is 4.74 Å². The zero-order chi connectivity index (χ0) is 16.1. The van der Waals surface area contributed by atoms with Crippen molar-refractivity contribution in [3.8, 4) is 5.75 Å². The molecule has 0 atom stereocenters. The van der Waals surface area contributed by atoms with Gasteiger partial charge in [-0.3, -0.25) is 9.48 Å². The number of aryl methyl sites for hydroxylation is 1. The zero-order valence-corrected chi connectivity index (χ0v) is 13.6. The second-order valence-electron chi connectivity index (χ2n) is 5.57. The molecule has 1 N–H and O–H groups in total. The molecule has 1 heterocycles. The van der Waals surface area contributed by atoms with Gasteiger partial charge in [0.05, 0.1) is 7.11 Å². The standard InChI is InChI=1S/C17H23N3O2/c1-12(2)20-13(3)10-16(19-20)17(21)18-9-8-14-6-5-7-15(11-14)22-4/h5-7,10-12H,8-9H2,1-4H3,(H,18,21). The smallest absolute Gasteiger partial charge is 0.271 e. The molecule has 0 aliphatic rings. The van der Waals surface area contributed by atoms with Crippen molar-refractivity contribution in [2.75, 3.05) is 13.7 Å². The molecule has 5 heteroatoms. The Balaban J connectivity index is 1.91. The SMILES string of the molecule is COc1cccc(CCNC(=O)c2cc(C)n(C(C)C)n2)c1. The van der Waals surface area contributed by atoms with E-state index in [1.165, 1.54) is 0 Å². The summed E-state index contributed by atoms with van der Waals surface area (Å²) < 4.78 is 7.05. The summed E-state index contributed by atoms with van der Waals surface area (Å²) in [6.45, 7) is 6.62. The molecule has 2 aromatic rings. The van der Waals surface area contributed by atoms with Crippen LogP contribution in [0.3, 0.4) is 0 Å². The van der Waals surface area contributed by atoms with Gasteiger partial charge >= 0.3 is 0 Å². The Labute approximate surface area is 131 Å². The number of methoxy groups -OCH3 is 1. The summed E-state index contributed by atoms with van der Waals surface area (Å²) in [6, 6.07) is 9.92. The van der Waals surface area contributed by atoms with Crippen molar-refractivity contribution >= 4 is 5.91 Å². The van der Waals surface area contributed by atoms with Crippen LogP contribution in [0.15, 0.2) is 30.3 Å². The molecule has 1 amide bonds. The van der Waals surface area contributed by atoms with Crippen LogP contribution in [0.25, 0.3) is 0 Å². The van der Waals surface area contributed by atoms with Gasteiger partial charge in [0.15, 0.2) is 0 Å². The van der Waals surface area contributed by atoms with E-state index in [-0.39, 0.29) is 11.9 Å². The monoisotopic (exact) mass is 301 g/mol. The lowest BCUT2D eigenvalue weighted by Crippen LogP contribution is -2.26. The third-order valence-corrected chi connectivity index (χ3v) is 3.48. The summed E-state index contributed by atoms with van der Waals surface area (Å²) in [5.74, 6) is 0.695. The van der Waals surface area contributed by atoms with E-state index in [2.05, 4.69) is 10.4 Å². The molecule has 0 saturated carbocycles. The Hall–Kier alpha value is -2.30. The second kappa shape index (κ2) is 7.11. The van der Waals surface area contributed by atoms with Gasteiger partial charge in [-0.25, -0.2) is 0 Å². The average Bonchev–Trinajstić information content (AvgIpc) is 2.89. The summed E-state index contributed by atoms with van der Waals surface area (Å²) >= 11 is 0. The van der Waals surface area contributed by atoms with Gasteiger partial charge < -0.3 is 10.1 Å². The van der Waals surface area contributed by atoms with Crippen LogP contribution in [-0.4, -0.2) is 29.3 Å². The van der Waals surface area contributed by atoms with Crippen molar-refractivity contribution < 1.29 is 9.53 Å². The van der Waals surface area contributed by atoms with E-state index in [0.717, 1.165) is 23.4 Å². The topological polar surface area (TPSA) is 56.1 Å². The predicted octanol–water partition coefficient (Wildman–Crippen LogP) is 2.75. The molecule has 1 aromatic heterocycles. The highest BCUT2D eigenvalue weighted by atomic mass is 16.5. The van der Waals surface area contributed by atoms with Crippen molar-refractivity contribution in [1.82, 2.24) is 15.1 Å². The average molecular weight is 301 g/mol. The van der Waals surface area contributed by atoms with Crippen molar-refractivity contribution in [2.45, 2.75) is 33.2 Å². The number of hydrogen-bond acceptors (Lipinski definition) is 3. The van der Waals surface area contributed by atoms with E-state index in [1.54, 1.807) is 7.11 Å². The molecular weight excluding hydrogens is 278 g/mol. The number of carbonyl (C=O) groups is 1. The first kappa shape index (κ1) is 16.1. The minimum Gasteiger partial charge on any atom is -0.497 e. The van der Waals surface area contributed by atoms with Crippen LogP contribution in [0, 0.1) is 6.92 Å². The predicted molar refractivity (Wildman–Crippen MR) is 86.4 cm³/mol. The summed E-state index contributed by atoms with van der Waals surface area (Å²) in [5.41, 5.74) is 2.59. The van der Waals surface area contributed by atoms with E-state index in [9.17, 15) is 4.79 Å². The Kier molecular flexibility index (Phi) is 5.20. The van der Waals surface area contributed by atoms with Crippen LogP contribution >= 0.6 is 0 Å². The lowest BCUT2D eigenvalue weighted by molar-refractivity contribution is 0.0948. The molecule has 0 fully saturated rings. The lowest BCUT2D eigenvalue weighted by atomic mass is 10.1. The van der Waals surface area contributed by atoms with Crippen LogP contribution in [0.4, 0.5) is 0 Å². The minimum atomic E-state index is -0.134. The molecule has 2 rings (SSSR count). The normalized spacial score (nSPS) is 10.8. The van der Waals surface area contributed by atoms with E-state index in [1.807, 2.05) is 55.8 Å². The van der Waals surface area contributed by atoms with Gasteiger partial charge in [0.2, 0.25) is 0 Å². The fraction of sp³-hybridized carbons (Fsp3) is 0.412.